The fraction of sp³-hybridized carbons (Fsp3) is 0.250. The molecule has 0 fully saturated rings. The van der Waals surface area contributed by atoms with Crippen molar-refractivity contribution in [2.24, 2.45) is 0 Å². The highest BCUT2D eigenvalue weighted by Crippen LogP contribution is 2.32. The summed E-state index contributed by atoms with van der Waals surface area (Å²) in [6.45, 7) is -0.365. The van der Waals surface area contributed by atoms with E-state index in [-0.39, 0.29) is 12.5 Å². The summed E-state index contributed by atoms with van der Waals surface area (Å²) in [5, 5.41) is 9.22. The van der Waals surface area contributed by atoms with Crippen LogP contribution in [0.2, 0.25) is 0 Å². The SMILES string of the molecule is COc1ccc(-c2nc(C(F)(F)F)co2)c(CO)c1. The molecule has 2 aromatic rings. The van der Waals surface area contributed by atoms with E-state index < -0.39 is 11.9 Å². The maximum atomic E-state index is 12.4. The molecule has 0 spiro atoms. The molecule has 2 rings (SSSR count). The first-order chi connectivity index (χ1) is 8.95. The van der Waals surface area contributed by atoms with Gasteiger partial charge in [-0.1, -0.05) is 0 Å². The number of ether oxygens (including phenoxy) is 1. The Labute approximate surface area is 106 Å². The number of aliphatic hydroxyl groups is 1. The molecule has 19 heavy (non-hydrogen) atoms. The lowest BCUT2D eigenvalue weighted by Gasteiger charge is -2.06. The van der Waals surface area contributed by atoms with E-state index in [1.165, 1.54) is 19.2 Å². The molecule has 1 aromatic carbocycles. The van der Waals surface area contributed by atoms with Gasteiger partial charge in [0.05, 0.1) is 13.7 Å². The first-order valence-electron chi connectivity index (χ1n) is 5.26. The van der Waals surface area contributed by atoms with Crippen LogP contribution in [-0.4, -0.2) is 17.2 Å². The highest BCUT2D eigenvalue weighted by molar-refractivity contribution is 5.60. The first-order valence-corrected chi connectivity index (χ1v) is 5.26. The molecule has 0 bridgehead atoms. The Bertz CT molecular complexity index is 578. The van der Waals surface area contributed by atoms with Crippen LogP contribution in [0.1, 0.15) is 11.3 Å². The second-order valence-corrected chi connectivity index (χ2v) is 3.72. The average Bonchev–Trinajstić information content (AvgIpc) is 2.87. The quantitative estimate of drug-likeness (QED) is 0.934. The summed E-state index contributed by atoms with van der Waals surface area (Å²) >= 11 is 0. The van der Waals surface area contributed by atoms with Gasteiger partial charge in [-0.15, -0.1) is 0 Å². The summed E-state index contributed by atoms with van der Waals surface area (Å²) < 4.78 is 47.1. The molecule has 0 saturated heterocycles. The van der Waals surface area contributed by atoms with Crippen LogP contribution < -0.4 is 4.74 Å². The van der Waals surface area contributed by atoms with Crippen LogP contribution in [0.4, 0.5) is 13.2 Å². The van der Waals surface area contributed by atoms with Gasteiger partial charge in [0.15, 0.2) is 5.69 Å². The molecule has 0 aliphatic carbocycles. The Morgan fingerprint density at radius 3 is 2.63 bits per heavy atom. The van der Waals surface area contributed by atoms with Gasteiger partial charge in [0.1, 0.15) is 12.0 Å². The van der Waals surface area contributed by atoms with Crippen molar-refractivity contribution in [3.05, 3.63) is 35.7 Å². The third-order valence-corrected chi connectivity index (χ3v) is 2.51. The van der Waals surface area contributed by atoms with Crippen LogP contribution in [0.5, 0.6) is 5.75 Å². The predicted octanol–water partition coefficient (Wildman–Crippen LogP) is 2.86. The molecule has 102 valence electrons. The predicted molar refractivity (Wildman–Crippen MR) is 59.4 cm³/mol. The van der Waals surface area contributed by atoms with Crippen molar-refractivity contribution < 1.29 is 27.4 Å². The summed E-state index contributed by atoms with van der Waals surface area (Å²) in [5.41, 5.74) is -0.448. The van der Waals surface area contributed by atoms with Crippen molar-refractivity contribution in [1.82, 2.24) is 4.98 Å². The summed E-state index contributed by atoms with van der Waals surface area (Å²) in [5.74, 6) is 0.287. The van der Waals surface area contributed by atoms with E-state index >= 15 is 0 Å². The topological polar surface area (TPSA) is 55.5 Å². The highest BCUT2D eigenvalue weighted by atomic mass is 19.4. The molecular formula is C12H10F3NO3. The Kier molecular flexibility index (Phi) is 3.48. The van der Waals surface area contributed by atoms with Gasteiger partial charge in [-0.3, -0.25) is 0 Å². The third-order valence-electron chi connectivity index (χ3n) is 2.51. The minimum Gasteiger partial charge on any atom is -0.497 e. The van der Waals surface area contributed by atoms with Crippen LogP contribution in [0.25, 0.3) is 11.5 Å². The van der Waals surface area contributed by atoms with Crippen LogP contribution in [0, 0.1) is 0 Å². The van der Waals surface area contributed by atoms with E-state index in [4.69, 9.17) is 9.15 Å². The van der Waals surface area contributed by atoms with E-state index in [1.807, 2.05) is 0 Å². The van der Waals surface area contributed by atoms with Crippen molar-refractivity contribution in [3.63, 3.8) is 0 Å². The van der Waals surface area contributed by atoms with Crippen molar-refractivity contribution in [3.8, 4) is 17.2 Å². The minimum atomic E-state index is -4.56. The zero-order valence-corrected chi connectivity index (χ0v) is 9.86. The second-order valence-electron chi connectivity index (χ2n) is 3.72. The zero-order valence-electron chi connectivity index (χ0n) is 9.86. The lowest BCUT2D eigenvalue weighted by atomic mass is 10.1. The molecule has 1 aromatic heterocycles. The summed E-state index contributed by atoms with van der Waals surface area (Å²) in [6.07, 6.45) is -4.02. The molecule has 4 nitrogen and oxygen atoms in total. The normalized spacial score (nSPS) is 11.6. The molecule has 7 heteroatoms. The molecule has 1 heterocycles. The molecule has 0 aliphatic rings. The van der Waals surface area contributed by atoms with Crippen LogP contribution >= 0.6 is 0 Å². The van der Waals surface area contributed by atoms with E-state index in [1.54, 1.807) is 6.07 Å². The lowest BCUT2D eigenvalue weighted by molar-refractivity contribution is -0.141. The van der Waals surface area contributed by atoms with Crippen molar-refractivity contribution in [2.75, 3.05) is 7.11 Å². The lowest BCUT2D eigenvalue weighted by Crippen LogP contribution is -2.05. The van der Waals surface area contributed by atoms with E-state index in [0.29, 0.717) is 23.1 Å². The number of nitrogens with zero attached hydrogens (tertiary/aromatic N) is 1. The van der Waals surface area contributed by atoms with E-state index in [2.05, 4.69) is 4.98 Å². The number of alkyl halides is 3. The standard InChI is InChI=1S/C12H10F3NO3/c1-18-8-2-3-9(7(4-8)5-17)11-16-10(6-19-11)12(13,14)15/h2-4,6,17H,5H2,1H3. The van der Waals surface area contributed by atoms with Gasteiger partial charge in [0, 0.05) is 5.56 Å². The van der Waals surface area contributed by atoms with Crippen molar-refractivity contribution in [2.45, 2.75) is 12.8 Å². The number of aliphatic hydroxyl groups excluding tert-OH is 1. The van der Waals surface area contributed by atoms with E-state index in [9.17, 15) is 18.3 Å². The van der Waals surface area contributed by atoms with Crippen LogP contribution in [-0.2, 0) is 12.8 Å². The molecule has 0 atom stereocenters. The largest absolute Gasteiger partial charge is 0.497 e. The average molecular weight is 273 g/mol. The summed E-state index contributed by atoms with van der Waals surface area (Å²) in [7, 11) is 1.45. The second kappa shape index (κ2) is 4.93. The monoisotopic (exact) mass is 273 g/mol. The number of rotatable bonds is 3. The fourth-order valence-electron chi connectivity index (χ4n) is 1.56. The minimum absolute atomic E-state index is 0.195. The van der Waals surface area contributed by atoms with Crippen molar-refractivity contribution >= 4 is 0 Å². The van der Waals surface area contributed by atoms with Gasteiger partial charge in [0.25, 0.3) is 0 Å². The number of oxazole rings is 1. The highest BCUT2D eigenvalue weighted by Gasteiger charge is 2.35. The fourth-order valence-corrected chi connectivity index (χ4v) is 1.56. The number of hydrogen-bond acceptors (Lipinski definition) is 4. The number of halogens is 3. The Balaban J connectivity index is 2.44. The Morgan fingerprint density at radius 2 is 2.11 bits per heavy atom. The molecule has 0 aliphatic heterocycles. The number of methoxy groups -OCH3 is 1. The number of hydrogen-bond donors (Lipinski definition) is 1. The Hall–Kier alpha value is -2.02. The number of aromatic nitrogens is 1. The summed E-state index contributed by atoms with van der Waals surface area (Å²) in [6, 6.07) is 4.54. The molecule has 0 unspecified atom stereocenters. The molecule has 1 N–H and O–H groups in total. The smallest absolute Gasteiger partial charge is 0.436 e. The first kappa shape index (κ1) is 13.4. The molecule has 0 radical (unpaired) electrons. The van der Waals surface area contributed by atoms with Gasteiger partial charge in [-0.2, -0.15) is 13.2 Å². The van der Waals surface area contributed by atoms with Gasteiger partial charge in [-0.25, -0.2) is 4.98 Å². The van der Waals surface area contributed by atoms with Crippen LogP contribution in [0.15, 0.2) is 28.9 Å². The molecule has 0 saturated carbocycles. The van der Waals surface area contributed by atoms with Crippen LogP contribution in [0.3, 0.4) is 0 Å². The Morgan fingerprint density at radius 1 is 1.37 bits per heavy atom. The third kappa shape index (κ3) is 2.70. The zero-order chi connectivity index (χ0) is 14.0. The van der Waals surface area contributed by atoms with Gasteiger partial charge >= 0.3 is 6.18 Å². The molecule has 0 amide bonds. The van der Waals surface area contributed by atoms with Gasteiger partial charge < -0.3 is 14.3 Å². The summed E-state index contributed by atoms with van der Waals surface area (Å²) in [4.78, 5) is 3.37. The van der Waals surface area contributed by atoms with E-state index in [0.717, 1.165) is 0 Å². The van der Waals surface area contributed by atoms with Gasteiger partial charge in [-0.05, 0) is 23.8 Å². The maximum Gasteiger partial charge on any atom is 0.436 e. The number of benzene rings is 1. The van der Waals surface area contributed by atoms with Crippen molar-refractivity contribution in [1.29, 1.82) is 0 Å². The molecular weight excluding hydrogens is 263 g/mol. The van der Waals surface area contributed by atoms with Gasteiger partial charge in [0.2, 0.25) is 5.89 Å². The maximum absolute atomic E-state index is 12.4.